The Balaban J connectivity index is 1.35. The molecular weight excluding hydrogens is 388 g/mol. The van der Waals surface area contributed by atoms with E-state index in [-0.39, 0.29) is 24.3 Å². The van der Waals surface area contributed by atoms with Gasteiger partial charge in [-0.15, -0.1) is 0 Å². The van der Waals surface area contributed by atoms with Gasteiger partial charge in [-0.1, -0.05) is 30.3 Å². The van der Waals surface area contributed by atoms with Crippen molar-refractivity contribution < 1.29 is 23.9 Å². The summed E-state index contributed by atoms with van der Waals surface area (Å²) in [5.74, 6) is -1.02. The van der Waals surface area contributed by atoms with E-state index in [1.807, 2.05) is 30.3 Å². The molecule has 0 aliphatic rings. The number of nitrogens with one attached hydrogen (secondary N) is 2. The van der Waals surface area contributed by atoms with Crippen LogP contribution in [0.15, 0.2) is 47.3 Å². The number of ether oxygens (including phenoxy) is 2. The number of carbonyl (C=O) groups is 3. The van der Waals surface area contributed by atoms with Gasteiger partial charge in [-0.3, -0.25) is 9.59 Å². The second-order valence-electron chi connectivity index (χ2n) is 6.85. The molecule has 156 valence electrons. The molecule has 0 spiro atoms. The minimum Gasteiger partial charge on any atom is -0.454 e. The monoisotopic (exact) mass is 410 g/mol. The maximum atomic E-state index is 12.0. The Morgan fingerprint density at radius 1 is 0.900 bits per heavy atom. The average Bonchev–Trinajstić information content (AvgIpc) is 3.07. The number of aromatic nitrogens is 2. The minimum absolute atomic E-state index is 0.0825. The van der Waals surface area contributed by atoms with Crippen LogP contribution in [0.1, 0.15) is 41.9 Å². The topological polar surface area (TPSA) is 118 Å². The molecule has 8 nitrogen and oxygen atoms in total. The molecule has 8 heteroatoms. The van der Waals surface area contributed by atoms with Gasteiger partial charge < -0.3 is 19.4 Å². The first-order valence-electron chi connectivity index (χ1n) is 9.59. The van der Waals surface area contributed by atoms with Crippen LogP contribution in [0.2, 0.25) is 0 Å². The Kier molecular flexibility index (Phi) is 6.79. The van der Waals surface area contributed by atoms with E-state index in [9.17, 15) is 19.2 Å². The highest BCUT2D eigenvalue weighted by Gasteiger charge is 2.13. The van der Waals surface area contributed by atoms with Gasteiger partial charge >= 0.3 is 17.6 Å². The summed E-state index contributed by atoms with van der Waals surface area (Å²) in [5, 5.41) is 1.97. The Morgan fingerprint density at radius 2 is 1.63 bits per heavy atom. The number of rotatable bonds is 9. The van der Waals surface area contributed by atoms with Gasteiger partial charge in [0, 0.05) is 18.5 Å². The van der Waals surface area contributed by atoms with E-state index < -0.39 is 24.2 Å². The fourth-order valence-electron chi connectivity index (χ4n) is 3.03. The summed E-state index contributed by atoms with van der Waals surface area (Å²) in [5.41, 5.74) is 0.336. The van der Waals surface area contributed by atoms with Gasteiger partial charge in [0.15, 0.2) is 12.4 Å². The van der Waals surface area contributed by atoms with E-state index in [0.29, 0.717) is 24.3 Å². The van der Waals surface area contributed by atoms with Crippen LogP contribution in [0.5, 0.6) is 5.75 Å². The maximum absolute atomic E-state index is 12.0. The molecule has 0 bridgehead atoms. The molecular formula is C22H22N2O6. The van der Waals surface area contributed by atoms with Crippen molar-refractivity contribution in [2.75, 3.05) is 6.61 Å². The fraction of sp³-hybridized carbons (Fsp3) is 0.273. The smallest absolute Gasteiger partial charge is 0.349 e. The van der Waals surface area contributed by atoms with Crippen molar-refractivity contribution in [3.8, 4) is 5.75 Å². The first-order valence-corrected chi connectivity index (χ1v) is 9.59. The summed E-state index contributed by atoms with van der Waals surface area (Å²) < 4.78 is 10.1. The normalized spacial score (nSPS) is 10.7. The summed E-state index contributed by atoms with van der Waals surface area (Å²) in [7, 11) is 0. The molecule has 1 heterocycles. The van der Waals surface area contributed by atoms with Crippen molar-refractivity contribution in [1.82, 2.24) is 9.97 Å². The van der Waals surface area contributed by atoms with Crippen LogP contribution in [0.25, 0.3) is 10.8 Å². The lowest BCUT2D eigenvalue weighted by atomic mass is 10.1. The molecule has 0 unspecified atom stereocenters. The predicted octanol–water partition coefficient (Wildman–Crippen LogP) is 3.06. The van der Waals surface area contributed by atoms with Crippen LogP contribution in [0.4, 0.5) is 0 Å². The molecule has 0 aliphatic carbocycles. The summed E-state index contributed by atoms with van der Waals surface area (Å²) in [6.07, 6.45) is 1.17. The Labute approximate surface area is 172 Å². The van der Waals surface area contributed by atoms with Gasteiger partial charge in [0.05, 0.1) is 0 Å². The Bertz CT molecular complexity index is 1130. The summed E-state index contributed by atoms with van der Waals surface area (Å²) in [6, 6.07) is 12.9. The molecule has 0 radical (unpaired) electrons. The number of carbonyl (C=O) groups excluding carboxylic acids is 3. The molecule has 0 amide bonds. The maximum Gasteiger partial charge on any atom is 0.349 e. The van der Waals surface area contributed by atoms with Gasteiger partial charge in [0.1, 0.15) is 11.4 Å². The average molecular weight is 410 g/mol. The van der Waals surface area contributed by atoms with Crippen molar-refractivity contribution in [2.45, 2.75) is 32.6 Å². The molecule has 30 heavy (non-hydrogen) atoms. The zero-order valence-electron chi connectivity index (χ0n) is 16.5. The number of imidazole rings is 1. The molecule has 0 fully saturated rings. The number of hydrogen-bond donors (Lipinski definition) is 2. The predicted molar refractivity (Wildman–Crippen MR) is 109 cm³/mol. The lowest BCUT2D eigenvalue weighted by molar-refractivity contribution is -0.153. The first-order chi connectivity index (χ1) is 14.4. The fourth-order valence-corrected chi connectivity index (χ4v) is 3.03. The number of aromatic amines is 2. The van der Waals surface area contributed by atoms with Crippen LogP contribution in [-0.2, 0) is 14.3 Å². The number of ketones is 1. The SMILES string of the molecule is Cc1[nH]c(=O)[nH]c1C(=O)CCCCC(=O)OCC(=O)Oc1ccc2ccccc2c1. The van der Waals surface area contributed by atoms with Crippen molar-refractivity contribution >= 4 is 28.5 Å². The quantitative estimate of drug-likeness (QED) is 0.242. The zero-order chi connectivity index (χ0) is 21.5. The van der Waals surface area contributed by atoms with Gasteiger partial charge in [0.25, 0.3) is 0 Å². The largest absolute Gasteiger partial charge is 0.454 e. The second-order valence-corrected chi connectivity index (χ2v) is 6.85. The van der Waals surface area contributed by atoms with Gasteiger partial charge in [0.2, 0.25) is 0 Å². The van der Waals surface area contributed by atoms with Crippen LogP contribution in [-0.4, -0.2) is 34.3 Å². The Hall–Kier alpha value is -3.68. The Morgan fingerprint density at radius 3 is 2.37 bits per heavy atom. The standard InChI is InChI=1S/C22H22N2O6/c1-14-21(24-22(28)23-14)18(25)8-4-5-9-19(26)29-13-20(27)30-17-11-10-15-6-2-3-7-16(15)12-17/h2-3,6-7,10-12H,4-5,8-9,13H2,1H3,(H2,23,24,28). The third-order valence-corrected chi connectivity index (χ3v) is 4.53. The summed E-state index contributed by atoms with van der Waals surface area (Å²) >= 11 is 0. The highest BCUT2D eigenvalue weighted by Crippen LogP contribution is 2.20. The van der Waals surface area contributed by atoms with Crippen LogP contribution >= 0.6 is 0 Å². The van der Waals surface area contributed by atoms with Gasteiger partial charge in [-0.2, -0.15) is 0 Å². The zero-order valence-corrected chi connectivity index (χ0v) is 16.5. The number of H-pyrrole nitrogens is 2. The number of benzene rings is 2. The number of Topliss-reactive ketones (excluding diaryl/α,β-unsaturated/α-hetero) is 1. The molecule has 2 aromatic carbocycles. The van der Waals surface area contributed by atoms with Gasteiger partial charge in [-0.25, -0.2) is 9.59 Å². The highest BCUT2D eigenvalue weighted by atomic mass is 16.6. The number of fused-ring (bicyclic) bond motifs is 1. The summed E-state index contributed by atoms with van der Waals surface area (Å²) in [4.78, 5) is 51.8. The van der Waals surface area contributed by atoms with Crippen molar-refractivity contribution in [3.63, 3.8) is 0 Å². The van der Waals surface area contributed by atoms with E-state index in [1.165, 1.54) is 0 Å². The molecule has 1 aromatic heterocycles. The van der Waals surface area contributed by atoms with Gasteiger partial charge in [-0.05, 0) is 42.7 Å². The van der Waals surface area contributed by atoms with Crippen molar-refractivity contribution in [3.05, 3.63) is 64.3 Å². The van der Waals surface area contributed by atoms with Crippen LogP contribution < -0.4 is 10.4 Å². The molecule has 0 saturated heterocycles. The number of esters is 2. The molecule has 3 rings (SSSR count). The van der Waals surface area contributed by atoms with E-state index in [2.05, 4.69) is 9.97 Å². The molecule has 0 aliphatic heterocycles. The lowest BCUT2D eigenvalue weighted by Gasteiger charge is -2.07. The van der Waals surface area contributed by atoms with E-state index in [1.54, 1.807) is 19.1 Å². The lowest BCUT2D eigenvalue weighted by Crippen LogP contribution is -2.18. The molecule has 2 N–H and O–H groups in total. The highest BCUT2D eigenvalue weighted by molar-refractivity contribution is 5.95. The molecule has 0 saturated carbocycles. The third-order valence-electron chi connectivity index (χ3n) is 4.53. The van der Waals surface area contributed by atoms with Crippen LogP contribution in [0.3, 0.4) is 0 Å². The number of hydrogen-bond acceptors (Lipinski definition) is 6. The third kappa shape index (κ3) is 5.66. The molecule has 3 aromatic rings. The summed E-state index contributed by atoms with van der Waals surface area (Å²) in [6.45, 7) is 1.16. The molecule has 0 atom stereocenters. The van der Waals surface area contributed by atoms with Crippen LogP contribution in [0, 0.1) is 6.92 Å². The second kappa shape index (κ2) is 9.69. The minimum atomic E-state index is -0.666. The number of unbranched alkanes of at least 4 members (excludes halogenated alkanes) is 1. The van der Waals surface area contributed by atoms with Crippen molar-refractivity contribution in [1.29, 1.82) is 0 Å². The van der Waals surface area contributed by atoms with E-state index >= 15 is 0 Å². The van der Waals surface area contributed by atoms with Crippen molar-refractivity contribution in [2.24, 2.45) is 0 Å². The number of aryl methyl sites for hydroxylation is 1. The first kappa shape index (κ1) is 21.0. The van der Waals surface area contributed by atoms with E-state index in [0.717, 1.165) is 10.8 Å². The van der Waals surface area contributed by atoms with E-state index in [4.69, 9.17) is 9.47 Å².